The summed E-state index contributed by atoms with van der Waals surface area (Å²) in [4.78, 5) is 25.3. The predicted molar refractivity (Wildman–Crippen MR) is 133 cm³/mol. The minimum absolute atomic E-state index is 0.0609. The van der Waals surface area contributed by atoms with Gasteiger partial charge in [-0.15, -0.1) is 0 Å². The number of fused-ring (bicyclic) bond motifs is 1. The molecule has 0 radical (unpaired) electrons. The number of piperidine rings is 1. The lowest BCUT2D eigenvalue weighted by molar-refractivity contribution is -0.153. The van der Waals surface area contributed by atoms with E-state index in [9.17, 15) is 18.0 Å². The summed E-state index contributed by atoms with van der Waals surface area (Å²) in [6.07, 6.45) is 3.63. The van der Waals surface area contributed by atoms with E-state index < -0.39 is 21.9 Å². The molecular formula is C27H34N2O5S. The highest BCUT2D eigenvalue weighted by Gasteiger charge is 2.33. The van der Waals surface area contributed by atoms with Gasteiger partial charge in [-0.1, -0.05) is 50.2 Å². The minimum atomic E-state index is -3.60. The van der Waals surface area contributed by atoms with Crippen LogP contribution >= 0.6 is 0 Å². The molecule has 2 aliphatic rings. The average Bonchev–Trinajstić information content (AvgIpc) is 2.87. The molecule has 0 unspecified atom stereocenters. The fourth-order valence-corrected chi connectivity index (χ4v) is 6.37. The van der Waals surface area contributed by atoms with Crippen LogP contribution in [-0.4, -0.2) is 44.3 Å². The maximum atomic E-state index is 13.0. The van der Waals surface area contributed by atoms with Crippen molar-refractivity contribution in [3.8, 4) is 0 Å². The standard InChI is InChI=1S/C27H34N2O5S/c1-19(2)20-10-12-23(13-11-20)35(32,33)29-16-14-22(15-17-29)27(31)34-18-26(30)28-25-9-5-7-21-6-3-4-8-24(21)25/h3-4,6,8,10-13,19,22,25H,5,7,9,14-18H2,1-2H3,(H,28,30)/t25-/m1/s1. The normalized spacial score (nSPS) is 19.2. The van der Waals surface area contributed by atoms with Crippen molar-refractivity contribution in [2.24, 2.45) is 5.92 Å². The van der Waals surface area contributed by atoms with Crippen LogP contribution in [0.1, 0.15) is 68.2 Å². The van der Waals surface area contributed by atoms with Gasteiger partial charge in [-0.25, -0.2) is 8.42 Å². The van der Waals surface area contributed by atoms with Gasteiger partial charge < -0.3 is 10.1 Å². The first kappa shape index (κ1) is 25.4. The van der Waals surface area contributed by atoms with E-state index in [4.69, 9.17) is 4.74 Å². The van der Waals surface area contributed by atoms with E-state index in [1.54, 1.807) is 12.1 Å². The van der Waals surface area contributed by atoms with Gasteiger partial charge >= 0.3 is 5.97 Å². The fraction of sp³-hybridized carbons (Fsp3) is 0.481. The van der Waals surface area contributed by atoms with Crippen molar-refractivity contribution < 1.29 is 22.7 Å². The summed E-state index contributed by atoms with van der Waals surface area (Å²) in [6, 6.07) is 15.0. The molecule has 0 spiro atoms. The average molecular weight is 499 g/mol. The fourth-order valence-electron chi connectivity index (χ4n) is 4.90. The molecule has 1 heterocycles. The number of ether oxygens (including phenoxy) is 1. The molecule has 1 fully saturated rings. The summed E-state index contributed by atoms with van der Waals surface area (Å²) < 4.78 is 32.7. The number of aryl methyl sites for hydroxylation is 1. The Morgan fingerprint density at radius 3 is 2.40 bits per heavy atom. The largest absolute Gasteiger partial charge is 0.455 e. The Bertz CT molecular complexity index is 1150. The number of hydrogen-bond donors (Lipinski definition) is 1. The summed E-state index contributed by atoms with van der Waals surface area (Å²) in [5.41, 5.74) is 3.46. The Kier molecular flexibility index (Phi) is 7.91. The second-order valence-electron chi connectivity index (χ2n) is 9.72. The number of nitrogens with zero attached hydrogens (tertiary/aromatic N) is 1. The molecule has 7 nitrogen and oxygen atoms in total. The predicted octanol–water partition coefficient (Wildman–Crippen LogP) is 3.95. The van der Waals surface area contributed by atoms with Crippen molar-refractivity contribution in [1.82, 2.24) is 9.62 Å². The van der Waals surface area contributed by atoms with Gasteiger partial charge in [0.15, 0.2) is 6.61 Å². The number of nitrogens with one attached hydrogen (secondary N) is 1. The molecule has 1 aliphatic heterocycles. The highest BCUT2D eigenvalue weighted by atomic mass is 32.2. The van der Waals surface area contributed by atoms with Crippen molar-refractivity contribution >= 4 is 21.9 Å². The van der Waals surface area contributed by atoms with Crippen LogP contribution in [0.4, 0.5) is 0 Å². The molecule has 2 aromatic rings. The number of hydrogen-bond acceptors (Lipinski definition) is 5. The summed E-state index contributed by atoms with van der Waals surface area (Å²) in [5.74, 6) is -0.838. The lowest BCUT2D eigenvalue weighted by Gasteiger charge is -2.30. The molecule has 1 atom stereocenters. The maximum absolute atomic E-state index is 13.0. The number of carbonyl (C=O) groups excluding carboxylic acids is 2. The summed E-state index contributed by atoms with van der Waals surface area (Å²) >= 11 is 0. The van der Waals surface area contributed by atoms with Crippen LogP contribution in [0.25, 0.3) is 0 Å². The first-order chi connectivity index (χ1) is 16.8. The van der Waals surface area contributed by atoms with Crippen LogP contribution in [-0.2, 0) is 30.8 Å². The lowest BCUT2D eigenvalue weighted by Crippen LogP contribution is -2.41. The first-order valence-electron chi connectivity index (χ1n) is 12.4. The van der Waals surface area contributed by atoms with Crippen molar-refractivity contribution in [3.05, 3.63) is 65.2 Å². The van der Waals surface area contributed by atoms with Gasteiger partial charge in [0.2, 0.25) is 10.0 Å². The zero-order valence-electron chi connectivity index (χ0n) is 20.4. The van der Waals surface area contributed by atoms with Gasteiger partial charge in [0, 0.05) is 13.1 Å². The van der Waals surface area contributed by atoms with Crippen molar-refractivity contribution in [3.63, 3.8) is 0 Å². The monoisotopic (exact) mass is 498 g/mol. The Balaban J connectivity index is 1.25. The quantitative estimate of drug-likeness (QED) is 0.584. The summed E-state index contributed by atoms with van der Waals surface area (Å²) in [7, 11) is -3.60. The second-order valence-corrected chi connectivity index (χ2v) is 11.7. The SMILES string of the molecule is CC(C)c1ccc(S(=O)(=O)N2CCC(C(=O)OCC(=O)N[C@@H]3CCCc4ccccc43)CC2)cc1. The Morgan fingerprint density at radius 1 is 1.03 bits per heavy atom. The lowest BCUT2D eigenvalue weighted by atomic mass is 9.88. The van der Waals surface area contributed by atoms with Gasteiger partial charge in [-0.3, -0.25) is 9.59 Å². The van der Waals surface area contributed by atoms with Gasteiger partial charge in [-0.2, -0.15) is 4.31 Å². The van der Waals surface area contributed by atoms with E-state index >= 15 is 0 Å². The summed E-state index contributed by atoms with van der Waals surface area (Å²) in [5, 5.41) is 2.99. The van der Waals surface area contributed by atoms with Crippen molar-refractivity contribution in [2.45, 2.75) is 62.8 Å². The molecule has 2 aromatic carbocycles. The molecule has 1 saturated heterocycles. The third-order valence-corrected chi connectivity index (χ3v) is 8.93. The molecule has 8 heteroatoms. The Hall–Kier alpha value is -2.71. The zero-order chi connectivity index (χ0) is 25.0. The number of amides is 1. The van der Waals surface area contributed by atoms with Gasteiger partial charge in [0.25, 0.3) is 5.91 Å². The first-order valence-corrected chi connectivity index (χ1v) is 13.8. The van der Waals surface area contributed by atoms with E-state index in [1.165, 1.54) is 9.87 Å². The number of carbonyl (C=O) groups is 2. The molecular weight excluding hydrogens is 464 g/mol. The molecule has 0 aromatic heterocycles. The second kappa shape index (κ2) is 10.9. The summed E-state index contributed by atoms with van der Waals surface area (Å²) in [6.45, 7) is 4.30. The van der Waals surface area contributed by atoms with Crippen molar-refractivity contribution in [1.29, 1.82) is 0 Å². The molecule has 1 aliphatic carbocycles. The molecule has 0 saturated carbocycles. The van der Waals surface area contributed by atoms with Crippen LogP contribution in [0.2, 0.25) is 0 Å². The van der Waals surface area contributed by atoms with E-state index in [1.807, 2.05) is 30.3 Å². The number of benzene rings is 2. The molecule has 188 valence electrons. The molecule has 0 bridgehead atoms. The van der Waals surface area contributed by atoms with Crippen LogP contribution in [0.5, 0.6) is 0 Å². The van der Waals surface area contributed by atoms with Gasteiger partial charge in [0.05, 0.1) is 16.9 Å². The third-order valence-electron chi connectivity index (χ3n) is 7.02. The van der Waals surface area contributed by atoms with E-state index in [0.29, 0.717) is 18.8 Å². The maximum Gasteiger partial charge on any atom is 0.309 e. The molecule has 1 N–H and O–H groups in total. The molecule has 35 heavy (non-hydrogen) atoms. The Labute approximate surface area is 207 Å². The van der Waals surface area contributed by atoms with Crippen LogP contribution in [0.15, 0.2) is 53.4 Å². The van der Waals surface area contributed by atoms with E-state index in [0.717, 1.165) is 30.4 Å². The van der Waals surface area contributed by atoms with Gasteiger partial charge in [0.1, 0.15) is 0 Å². The van der Waals surface area contributed by atoms with Crippen LogP contribution in [0.3, 0.4) is 0 Å². The molecule has 1 amide bonds. The highest BCUT2D eigenvalue weighted by molar-refractivity contribution is 7.89. The Morgan fingerprint density at radius 2 is 1.71 bits per heavy atom. The zero-order valence-corrected chi connectivity index (χ0v) is 21.2. The number of rotatable bonds is 7. The number of sulfonamides is 1. The highest BCUT2D eigenvalue weighted by Crippen LogP contribution is 2.29. The number of esters is 1. The van der Waals surface area contributed by atoms with E-state index in [-0.39, 0.29) is 36.5 Å². The minimum Gasteiger partial charge on any atom is -0.455 e. The van der Waals surface area contributed by atoms with Crippen molar-refractivity contribution in [2.75, 3.05) is 19.7 Å². The topological polar surface area (TPSA) is 92.8 Å². The molecule has 4 rings (SSSR count). The third kappa shape index (κ3) is 5.93. The smallest absolute Gasteiger partial charge is 0.309 e. The van der Waals surface area contributed by atoms with Crippen LogP contribution < -0.4 is 5.32 Å². The van der Waals surface area contributed by atoms with Gasteiger partial charge in [-0.05, 0) is 66.8 Å². The van der Waals surface area contributed by atoms with Crippen LogP contribution in [0, 0.1) is 5.92 Å². The van der Waals surface area contributed by atoms with E-state index in [2.05, 4.69) is 25.2 Å².